The minimum Gasteiger partial charge on any atom is -0.318 e. The highest BCUT2D eigenvalue weighted by Crippen LogP contribution is 2.31. The van der Waals surface area contributed by atoms with Crippen LogP contribution in [-0.2, 0) is 12.6 Å². The highest BCUT2D eigenvalue weighted by Gasteiger charge is 2.32. The predicted octanol–water partition coefficient (Wildman–Crippen LogP) is 4.12. The summed E-state index contributed by atoms with van der Waals surface area (Å²) in [5, 5.41) is 3.39. The zero-order valence-electron chi connectivity index (χ0n) is 13.3. The number of hydrogen-bond donors (Lipinski definition) is 2. The van der Waals surface area contributed by atoms with Gasteiger partial charge in [-0.15, -0.1) is 0 Å². The van der Waals surface area contributed by atoms with Gasteiger partial charge in [-0.2, -0.15) is 13.2 Å². The molecule has 0 aliphatic heterocycles. The van der Waals surface area contributed by atoms with Gasteiger partial charge in [-0.05, 0) is 49.4 Å². The summed E-state index contributed by atoms with van der Waals surface area (Å²) in [6.07, 6.45) is -1.52. The second-order valence-electron chi connectivity index (χ2n) is 6.19. The Labute approximate surface area is 137 Å². The van der Waals surface area contributed by atoms with E-state index in [1.54, 1.807) is 6.92 Å². The second kappa shape index (κ2) is 6.43. The highest BCUT2D eigenvalue weighted by atomic mass is 19.4. The van der Waals surface area contributed by atoms with Gasteiger partial charge < -0.3 is 10.3 Å². The van der Waals surface area contributed by atoms with Crippen molar-refractivity contribution in [3.63, 3.8) is 0 Å². The number of hydrogen-bond acceptors (Lipinski definition) is 2. The number of aryl methyl sites for hydroxylation is 1. The van der Waals surface area contributed by atoms with Crippen LogP contribution in [0.5, 0.6) is 0 Å². The van der Waals surface area contributed by atoms with Crippen LogP contribution in [0.4, 0.5) is 13.2 Å². The van der Waals surface area contributed by atoms with Gasteiger partial charge in [-0.25, -0.2) is 0 Å². The monoisotopic (exact) mass is 336 g/mol. The van der Waals surface area contributed by atoms with Gasteiger partial charge in [0.05, 0.1) is 0 Å². The zero-order chi connectivity index (χ0) is 17.3. The molecule has 1 heterocycles. The second-order valence-corrected chi connectivity index (χ2v) is 6.19. The molecule has 1 aliphatic carbocycles. The van der Waals surface area contributed by atoms with Gasteiger partial charge in [-0.1, -0.05) is 24.3 Å². The largest absolute Gasteiger partial charge is 0.431 e. The van der Waals surface area contributed by atoms with Crippen LogP contribution < -0.4 is 10.9 Å². The number of benzene rings is 1. The van der Waals surface area contributed by atoms with Crippen molar-refractivity contribution >= 4 is 0 Å². The van der Waals surface area contributed by atoms with E-state index in [4.69, 9.17) is 0 Å². The van der Waals surface area contributed by atoms with Crippen LogP contribution in [0.15, 0.2) is 41.2 Å². The average Bonchev–Trinajstić information content (AvgIpc) is 2.54. The molecule has 2 N–H and O–H groups in total. The van der Waals surface area contributed by atoms with Crippen LogP contribution in [0.25, 0.3) is 0 Å². The third-order valence-corrected chi connectivity index (χ3v) is 4.53. The number of fused-ring (bicyclic) bond motifs is 1. The summed E-state index contributed by atoms with van der Waals surface area (Å²) >= 11 is 0. The molecule has 0 saturated carbocycles. The third kappa shape index (κ3) is 3.38. The fourth-order valence-electron chi connectivity index (χ4n) is 3.31. The number of pyridine rings is 1. The molecule has 1 aromatic heterocycles. The predicted molar refractivity (Wildman–Crippen MR) is 85.7 cm³/mol. The molecule has 0 radical (unpaired) electrons. The van der Waals surface area contributed by atoms with Crippen LogP contribution >= 0.6 is 0 Å². The van der Waals surface area contributed by atoms with Crippen molar-refractivity contribution in [2.24, 2.45) is 0 Å². The maximum atomic E-state index is 12.7. The summed E-state index contributed by atoms with van der Waals surface area (Å²) in [4.78, 5) is 14.0. The average molecular weight is 336 g/mol. The molecule has 2 unspecified atom stereocenters. The molecule has 24 heavy (non-hydrogen) atoms. The van der Waals surface area contributed by atoms with Crippen LogP contribution in [0.2, 0.25) is 0 Å². The van der Waals surface area contributed by atoms with Gasteiger partial charge in [0.2, 0.25) is 0 Å². The third-order valence-electron chi connectivity index (χ3n) is 4.53. The van der Waals surface area contributed by atoms with Crippen molar-refractivity contribution in [1.29, 1.82) is 0 Å². The van der Waals surface area contributed by atoms with E-state index in [2.05, 4.69) is 17.4 Å². The van der Waals surface area contributed by atoms with Crippen LogP contribution in [0.3, 0.4) is 0 Å². The van der Waals surface area contributed by atoms with E-state index in [9.17, 15) is 18.0 Å². The normalized spacial score (nSPS) is 18.9. The van der Waals surface area contributed by atoms with E-state index in [1.807, 2.05) is 17.1 Å². The number of alkyl halides is 3. The maximum absolute atomic E-state index is 12.7. The Morgan fingerprint density at radius 2 is 1.96 bits per heavy atom. The van der Waals surface area contributed by atoms with E-state index in [0.717, 1.165) is 25.3 Å². The molecule has 0 fully saturated rings. The molecule has 0 bridgehead atoms. The fourth-order valence-corrected chi connectivity index (χ4v) is 3.31. The molecule has 0 amide bonds. The van der Waals surface area contributed by atoms with Gasteiger partial charge in [0.1, 0.15) is 5.69 Å². The molecule has 2 atom stereocenters. The van der Waals surface area contributed by atoms with Crippen molar-refractivity contribution in [3.8, 4) is 0 Å². The molecule has 0 spiro atoms. The fraction of sp³-hybridized carbons (Fsp3) is 0.389. The lowest BCUT2D eigenvalue weighted by Gasteiger charge is -2.29. The standard InChI is InChI=1S/C18H19F3N2O/c1-11(13-9-10-16(18(19,20)21)23-17(13)24)22-15-8-4-6-12-5-2-3-7-14(12)15/h2-3,5,7,9-11,15,22H,4,6,8H2,1H3,(H,23,24). The molecule has 3 rings (SSSR count). The first-order valence-electron chi connectivity index (χ1n) is 8.00. The van der Waals surface area contributed by atoms with Gasteiger partial charge in [0.25, 0.3) is 5.56 Å². The van der Waals surface area contributed by atoms with Crippen LogP contribution in [-0.4, -0.2) is 4.98 Å². The Kier molecular flexibility index (Phi) is 4.49. The van der Waals surface area contributed by atoms with Crippen molar-refractivity contribution in [1.82, 2.24) is 10.3 Å². The molecule has 3 nitrogen and oxygen atoms in total. The Bertz CT molecular complexity index is 782. The molecule has 6 heteroatoms. The lowest BCUT2D eigenvalue weighted by Crippen LogP contribution is -2.31. The number of halogens is 3. The molecule has 1 aliphatic rings. The van der Waals surface area contributed by atoms with Crippen LogP contribution in [0, 0.1) is 0 Å². The van der Waals surface area contributed by atoms with Crippen molar-refractivity contribution in [3.05, 3.63) is 69.1 Å². The van der Waals surface area contributed by atoms with Crippen molar-refractivity contribution in [2.45, 2.75) is 44.4 Å². The van der Waals surface area contributed by atoms with Gasteiger partial charge >= 0.3 is 6.18 Å². The highest BCUT2D eigenvalue weighted by molar-refractivity contribution is 5.32. The summed E-state index contributed by atoms with van der Waals surface area (Å²) in [6, 6.07) is 10.1. The summed E-state index contributed by atoms with van der Waals surface area (Å²) in [5.74, 6) is 0. The minimum atomic E-state index is -4.54. The van der Waals surface area contributed by atoms with Crippen molar-refractivity contribution < 1.29 is 13.2 Å². The van der Waals surface area contributed by atoms with Gasteiger partial charge in [0, 0.05) is 17.6 Å². The smallest absolute Gasteiger partial charge is 0.318 e. The first-order valence-corrected chi connectivity index (χ1v) is 8.00. The number of aromatic nitrogens is 1. The first-order chi connectivity index (χ1) is 11.4. The summed E-state index contributed by atoms with van der Waals surface area (Å²) in [7, 11) is 0. The lowest BCUT2D eigenvalue weighted by atomic mass is 9.87. The SMILES string of the molecule is CC(NC1CCCc2ccccc21)c1ccc(C(F)(F)F)[nH]c1=O. The van der Waals surface area contributed by atoms with E-state index >= 15 is 0 Å². The van der Waals surface area contributed by atoms with E-state index < -0.39 is 17.4 Å². The van der Waals surface area contributed by atoms with E-state index in [1.165, 1.54) is 17.2 Å². The Morgan fingerprint density at radius 3 is 2.67 bits per heavy atom. The van der Waals surface area contributed by atoms with Gasteiger partial charge in [0.15, 0.2) is 0 Å². The Hall–Kier alpha value is -2.08. The maximum Gasteiger partial charge on any atom is 0.431 e. The molecular formula is C18H19F3N2O. The summed E-state index contributed by atoms with van der Waals surface area (Å²) in [6.45, 7) is 1.80. The minimum absolute atomic E-state index is 0.103. The van der Waals surface area contributed by atoms with Crippen molar-refractivity contribution in [2.75, 3.05) is 0 Å². The molecule has 128 valence electrons. The zero-order valence-corrected chi connectivity index (χ0v) is 13.3. The number of H-pyrrole nitrogens is 1. The van der Waals surface area contributed by atoms with Crippen LogP contribution in [0.1, 0.15) is 54.2 Å². The topological polar surface area (TPSA) is 44.9 Å². The number of nitrogens with one attached hydrogen (secondary N) is 2. The molecule has 2 aromatic rings. The van der Waals surface area contributed by atoms with E-state index in [0.29, 0.717) is 5.56 Å². The number of aromatic amines is 1. The molecule has 0 saturated heterocycles. The van der Waals surface area contributed by atoms with E-state index in [-0.39, 0.29) is 12.1 Å². The van der Waals surface area contributed by atoms with Gasteiger partial charge in [-0.3, -0.25) is 4.79 Å². The number of rotatable bonds is 3. The summed E-state index contributed by atoms with van der Waals surface area (Å²) < 4.78 is 38.0. The Balaban J connectivity index is 1.81. The summed E-state index contributed by atoms with van der Waals surface area (Å²) in [5.41, 5.74) is 1.08. The Morgan fingerprint density at radius 1 is 1.21 bits per heavy atom. The first kappa shape index (κ1) is 16.8. The molecule has 1 aromatic carbocycles. The lowest BCUT2D eigenvalue weighted by molar-refractivity contribution is -0.141. The molecular weight excluding hydrogens is 317 g/mol. The quantitative estimate of drug-likeness (QED) is 0.885.